The van der Waals surface area contributed by atoms with E-state index in [9.17, 15) is 19.5 Å². The Morgan fingerprint density at radius 1 is 1.06 bits per heavy atom. The number of benzene rings is 2. The smallest absolute Gasteiger partial charge is 0.407 e. The molecule has 1 heterocycles. The van der Waals surface area contributed by atoms with Crippen LogP contribution in [0.5, 0.6) is 0 Å². The van der Waals surface area contributed by atoms with Crippen molar-refractivity contribution in [1.82, 2.24) is 10.6 Å². The van der Waals surface area contributed by atoms with Crippen molar-refractivity contribution in [3.63, 3.8) is 0 Å². The van der Waals surface area contributed by atoms with Gasteiger partial charge in [-0.2, -0.15) is 0 Å². The third kappa shape index (κ3) is 4.77. The van der Waals surface area contributed by atoms with E-state index in [2.05, 4.69) is 22.8 Å². The van der Waals surface area contributed by atoms with Crippen LogP contribution >= 0.6 is 0 Å². The van der Waals surface area contributed by atoms with Crippen LogP contribution in [-0.4, -0.2) is 54.5 Å². The second kappa shape index (κ2) is 9.46. The summed E-state index contributed by atoms with van der Waals surface area (Å²) in [4.78, 5) is 37.1. The minimum Gasteiger partial charge on any atom is -0.479 e. The molecule has 8 heteroatoms. The lowest BCUT2D eigenvalue weighted by Gasteiger charge is -2.31. The van der Waals surface area contributed by atoms with Crippen molar-refractivity contribution >= 4 is 18.0 Å². The number of carboxylic acids is 1. The highest BCUT2D eigenvalue weighted by atomic mass is 16.5. The number of carbonyl (C=O) groups is 3. The number of fused-ring (bicyclic) bond motifs is 3. The number of hydrogen-bond acceptors (Lipinski definition) is 5. The van der Waals surface area contributed by atoms with Crippen LogP contribution in [0, 0.1) is 5.41 Å². The van der Waals surface area contributed by atoms with Gasteiger partial charge >= 0.3 is 12.1 Å². The number of amides is 2. The summed E-state index contributed by atoms with van der Waals surface area (Å²) >= 11 is 0. The molecule has 2 aliphatic rings. The van der Waals surface area contributed by atoms with Gasteiger partial charge in [-0.15, -0.1) is 0 Å². The molecule has 0 unspecified atom stereocenters. The molecular formula is C26H30N2O6. The highest BCUT2D eigenvalue weighted by molar-refractivity contribution is 5.87. The average Bonchev–Trinajstić information content (AvgIpc) is 3.38. The number of alkyl carbamates (subject to hydrolysis) is 1. The number of ether oxygens (including phenoxy) is 2. The van der Waals surface area contributed by atoms with Crippen LogP contribution in [0.1, 0.15) is 44.2 Å². The minimum absolute atomic E-state index is 0.0907. The molecule has 0 spiro atoms. The number of aliphatic carboxylic acids is 1. The van der Waals surface area contributed by atoms with E-state index in [0.717, 1.165) is 22.3 Å². The SMILES string of the molecule is CC(C)(C)[C@H](NC(=O)OCC1c2ccccc2-c2ccccc21)C(=O)N[C@H]1CCO[C@H]1C(=O)O. The third-order valence-corrected chi connectivity index (χ3v) is 6.40. The molecule has 1 saturated heterocycles. The van der Waals surface area contributed by atoms with Gasteiger partial charge in [0.2, 0.25) is 5.91 Å². The quantitative estimate of drug-likeness (QED) is 0.602. The Labute approximate surface area is 198 Å². The van der Waals surface area contributed by atoms with Crippen LogP contribution in [-0.2, 0) is 19.1 Å². The van der Waals surface area contributed by atoms with Crippen LogP contribution in [0.2, 0.25) is 0 Å². The predicted octanol–water partition coefficient (Wildman–Crippen LogP) is 3.30. The Bertz CT molecular complexity index is 1050. The predicted molar refractivity (Wildman–Crippen MR) is 125 cm³/mol. The lowest BCUT2D eigenvalue weighted by atomic mass is 9.86. The van der Waals surface area contributed by atoms with E-state index in [1.807, 2.05) is 57.2 Å². The summed E-state index contributed by atoms with van der Waals surface area (Å²) in [6.45, 7) is 5.85. The zero-order valence-corrected chi connectivity index (χ0v) is 19.5. The molecule has 2 aromatic carbocycles. The molecule has 3 atom stereocenters. The number of rotatable bonds is 6. The van der Waals surface area contributed by atoms with Crippen LogP contribution in [0.15, 0.2) is 48.5 Å². The molecule has 0 saturated carbocycles. The zero-order valence-electron chi connectivity index (χ0n) is 19.5. The van der Waals surface area contributed by atoms with Gasteiger partial charge in [-0.05, 0) is 34.1 Å². The Hall–Kier alpha value is -3.39. The summed E-state index contributed by atoms with van der Waals surface area (Å²) in [6.07, 6.45) is -1.40. The van der Waals surface area contributed by atoms with Crippen LogP contribution in [0.3, 0.4) is 0 Å². The Morgan fingerprint density at radius 2 is 1.65 bits per heavy atom. The van der Waals surface area contributed by atoms with Gasteiger partial charge in [0.05, 0.1) is 6.04 Å². The van der Waals surface area contributed by atoms with Crippen LogP contribution in [0.4, 0.5) is 4.79 Å². The lowest BCUT2D eigenvalue weighted by molar-refractivity contribution is -0.148. The molecule has 180 valence electrons. The first kappa shape index (κ1) is 23.8. The second-order valence-corrected chi connectivity index (χ2v) is 9.80. The van der Waals surface area contributed by atoms with Gasteiger partial charge < -0.3 is 25.2 Å². The maximum Gasteiger partial charge on any atom is 0.407 e. The van der Waals surface area contributed by atoms with Gasteiger partial charge in [0.25, 0.3) is 0 Å². The Kier molecular flexibility index (Phi) is 6.61. The van der Waals surface area contributed by atoms with E-state index in [4.69, 9.17) is 9.47 Å². The summed E-state index contributed by atoms with van der Waals surface area (Å²) in [7, 11) is 0. The van der Waals surface area contributed by atoms with E-state index in [0.29, 0.717) is 6.42 Å². The maximum absolute atomic E-state index is 13.0. The van der Waals surface area contributed by atoms with E-state index < -0.39 is 41.6 Å². The average molecular weight is 467 g/mol. The zero-order chi connectivity index (χ0) is 24.5. The fraction of sp³-hybridized carbons (Fsp3) is 0.423. The molecular weight excluding hydrogens is 436 g/mol. The van der Waals surface area contributed by atoms with Crippen molar-refractivity contribution in [2.75, 3.05) is 13.2 Å². The topological polar surface area (TPSA) is 114 Å². The molecule has 8 nitrogen and oxygen atoms in total. The first-order valence-corrected chi connectivity index (χ1v) is 11.4. The van der Waals surface area contributed by atoms with Gasteiger partial charge in [-0.3, -0.25) is 4.79 Å². The summed E-state index contributed by atoms with van der Waals surface area (Å²) in [6, 6.07) is 14.5. The van der Waals surface area contributed by atoms with Crippen LogP contribution < -0.4 is 10.6 Å². The third-order valence-electron chi connectivity index (χ3n) is 6.40. The monoisotopic (exact) mass is 466 g/mol. The van der Waals surface area contributed by atoms with E-state index in [1.165, 1.54) is 0 Å². The standard InChI is InChI=1S/C26H30N2O6/c1-26(2,3)22(23(29)27-20-12-13-33-21(20)24(30)31)28-25(32)34-14-19-17-10-6-4-8-15(17)16-9-5-7-11-18(16)19/h4-11,19-22H,12-14H2,1-3H3,(H,27,29)(H,28,32)(H,30,31)/t20-,21+,22+/m0/s1. The van der Waals surface area contributed by atoms with Crippen molar-refractivity contribution in [2.45, 2.75) is 51.3 Å². The largest absolute Gasteiger partial charge is 0.479 e. The molecule has 1 aliphatic carbocycles. The van der Waals surface area contributed by atoms with Gasteiger partial charge in [0.1, 0.15) is 12.6 Å². The normalized spacial score (nSPS) is 20.2. The van der Waals surface area contributed by atoms with E-state index in [1.54, 1.807) is 0 Å². The summed E-state index contributed by atoms with van der Waals surface area (Å²) < 4.78 is 10.8. The number of hydrogen-bond donors (Lipinski definition) is 3. The van der Waals surface area contributed by atoms with Crippen molar-refractivity contribution in [2.24, 2.45) is 5.41 Å². The Morgan fingerprint density at radius 3 is 2.21 bits per heavy atom. The molecule has 0 aromatic heterocycles. The fourth-order valence-electron chi connectivity index (χ4n) is 4.68. The molecule has 2 aromatic rings. The molecule has 0 bridgehead atoms. The maximum atomic E-state index is 13.0. The fourth-order valence-corrected chi connectivity index (χ4v) is 4.68. The summed E-state index contributed by atoms with van der Waals surface area (Å²) in [5.41, 5.74) is 3.83. The minimum atomic E-state index is -1.13. The molecule has 3 N–H and O–H groups in total. The van der Waals surface area contributed by atoms with Gasteiger partial charge in [0.15, 0.2) is 6.10 Å². The van der Waals surface area contributed by atoms with Gasteiger partial charge in [-0.25, -0.2) is 9.59 Å². The summed E-state index contributed by atoms with van der Waals surface area (Å²) in [5.74, 6) is -1.69. The molecule has 4 rings (SSSR count). The van der Waals surface area contributed by atoms with Crippen molar-refractivity contribution in [3.8, 4) is 11.1 Å². The Balaban J connectivity index is 1.42. The molecule has 0 radical (unpaired) electrons. The van der Waals surface area contributed by atoms with Gasteiger partial charge in [0, 0.05) is 12.5 Å². The number of carboxylic acid groups (broad SMARTS) is 1. The van der Waals surface area contributed by atoms with Crippen molar-refractivity contribution in [1.29, 1.82) is 0 Å². The first-order valence-electron chi connectivity index (χ1n) is 11.4. The van der Waals surface area contributed by atoms with Crippen LogP contribution in [0.25, 0.3) is 11.1 Å². The molecule has 2 amide bonds. The highest BCUT2D eigenvalue weighted by Gasteiger charge is 2.40. The number of nitrogens with one attached hydrogen (secondary N) is 2. The summed E-state index contributed by atoms with van der Waals surface area (Å²) in [5, 5.41) is 14.7. The molecule has 1 aliphatic heterocycles. The van der Waals surface area contributed by atoms with E-state index >= 15 is 0 Å². The van der Waals surface area contributed by atoms with Crippen molar-refractivity contribution < 1.29 is 29.0 Å². The second-order valence-electron chi connectivity index (χ2n) is 9.80. The van der Waals surface area contributed by atoms with Gasteiger partial charge in [-0.1, -0.05) is 69.3 Å². The van der Waals surface area contributed by atoms with Crippen molar-refractivity contribution in [3.05, 3.63) is 59.7 Å². The first-order chi connectivity index (χ1) is 16.2. The van der Waals surface area contributed by atoms with E-state index in [-0.39, 0.29) is 19.1 Å². The highest BCUT2D eigenvalue weighted by Crippen LogP contribution is 2.44. The molecule has 1 fully saturated rings. The molecule has 34 heavy (non-hydrogen) atoms. The lowest BCUT2D eigenvalue weighted by Crippen LogP contribution is -2.57. The number of carbonyl (C=O) groups excluding carboxylic acids is 2.